The van der Waals surface area contributed by atoms with E-state index in [2.05, 4.69) is 22.2 Å². The SMILES string of the molecule is Cc1cnc(NC(=O)N2C3CC(C)CC2C3)cc1-c1cncc(F)c1. The van der Waals surface area contributed by atoms with E-state index in [-0.39, 0.29) is 11.8 Å². The van der Waals surface area contributed by atoms with Gasteiger partial charge in [0.15, 0.2) is 0 Å². The Bertz CT molecular complexity index is 813. The van der Waals surface area contributed by atoms with Crippen molar-refractivity contribution in [1.29, 1.82) is 0 Å². The minimum atomic E-state index is -0.387. The molecule has 2 aromatic rings. The zero-order valence-corrected chi connectivity index (χ0v) is 14.4. The molecule has 2 atom stereocenters. The lowest BCUT2D eigenvalue weighted by Gasteiger charge is -2.54. The lowest BCUT2D eigenvalue weighted by molar-refractivity contribution is -0.00603. The fourth-order valence-electron chi connectivity index (χ4n) is 4.11. The molecule has 0 spiro atoms. The van der Waals surface area contributed by atoms with Gasteiger partial charge in [-0.25, -0.2) is 14.2 Å². The molecular formula is C19H21FN4O. The van der Waals surface area contributed by atoms with E-state index in [1.165, 1.54) is 12.3 Å². The molecule has 1 N–H and O–H groups in total. The van der Waals surface area contributed by atoms with Crippen molar-refractivity contribution in [3.05, 3.63) is 42.1 Å². The summed E-state index contributed by atoms with van der Waals surface area (Å²) in [5.74, 6) is 0.784. The summed E-state index contributed by atoms with van der Waals surface area (Å²) in [6.07, 6.45) is 7.73. The number of pyridine rings is 2. The maximum atomic E-state index is 13.5. The molecule has 2 fully saturated rings. The van der Waals surface area contributed by atoms with Crippen LogP contribution in [0, 0.1) is 18.7 Å². The second-order valence-electron chi connectivity index (χ2n) is 7.23. The third-order valence-electron chi connectivity index (χ3n) is 5.27. The Labute approximate surface area is 146 Å². The smallest absolute Gasteiger partial charge is 0.318 e. The number of nitrogens with one attached hydrogen (secondary N) is 1. The van der Waals surface area contributed by atoms with E-state index in [1.807, 2.05) is 11.8 Å². The Morgan fingerprint density at radius 2 is 1.96 bits per heavy atom. The number of fused-ring (bicyclic) bond motifs is 2. The van der Waals surface area contributed by atoms with Gasteiger partial charge >= 0.3 is 6.03 Å². The van der Waals surface area contributed by atoms with E-state index < -0.39 is 0 Å². The molecule has 2 amide bonds. The third-order valence-corrected chi connectivity index (χ3v) is 5.27. The Balaban J connectivity index is 1.54. The fourth-order valence-corrected chi connectivity index (χ4v) is 4.11. The van der Waals surface area contributed by atoms with Crippen molar-refractivity contribution in [3.63, 3.8) is 0 Å². The summed E-state index contributed by atoms with van der Waals surface area (Å²) in [5, 5.41) is 2.90. The van der Waals surface area contributed by atoms with Crippen molar-refractivity contribution in [3.8, 4) is 11.1 Å². The summed E-state index contributed by atoms with van der Waals surface area (Å²) < 4.78 is 13.5. The van der Waals surface area contributed by atoms with Gasteiger partial charge in [0, 0.05) is 30.0 Å². The highest BCUT2D eigenvalue weighted by Crippen LogP contribution is 2.41. The van der Waals surface area contributed by atoms with Gasteiger partial charge in [-0.2, -0.15) is 0 Å². The molecule has 2 aliphatic rings. The molecule has 0 radical (unpaired) electrons. The number of aryl methyl sites for hydroxylation is 1. The predicted molar refractivity (Wildman–Crippen MR) is 93.6 cm³/mol. The molecule has 2 aromatic heterocycles. The zero-order chi connectivity index (χ0) is 17.6. The molecule has 0 aromatic carbocycles. The van der Waals surface area contributed by atoms with Gasteiger partial charge in [-0.15, -0.1) is 0 Å². The predicted octanol–water partition coefficient (Wildman–Crippen LogP) is 4.00. The monoisotopic (exact) mass is 340 g/mol. The molecule has 2 unspecified atom stereocenters. The van der Waals surface area contributed by atoms with Gasteiger partial charge < -0.3 is 4.90 Å². The molecule has 4 rings (SSSR count). The van der Waals surface area contributed by atoms with Gasteiger partial charge in [-0.05, 0) is 55.4 Å². The summed E-state index contributed by atoms with van der Waals surface area (Å²) in [6, 6.07) is 3.83. The van der Waals surface area contributed by atoms with Crippen LogP contribution < -0.4 is 5.32 Å². The summed E-state index contributed by atoms with van der Waals surface area (Å²) in [7, 11) is 0. The molecule has 2 bridgehead atoms. The zero-order valence-electron chi connectivity index (χ0n) is 14.4. The van der Waals surface area contributed by atoms with Crippen LogP contribution in [0.1, 0.15) is 31.7 Å². The first kappa shape index (κ1) is 16.0. The van der Waals surface area contributed by atoms with E-state index in [1.54, 1.807) is 18.5 Å². The number of aromatic nitrogens is 2. The maximum Gasteiger partial charge on any atom is 0.323 e. The second kappa shape index (κ2) is 6.10. The number of piperidine rings is 1. The highest BCUT2D eigenvalue weighted by Gasteiger charge is 2.46. The van der Waals surface area contributed by atoms with Crippen LogP contribution in [0.2, 0.25) is 0 Å². The fraction of sp³-hybridized carbons (Fsp3) is 0.421. The van der Waals surface area contributed by atoms with E-state index in [4.69, 9.17) is 0 Å². The summed E-state index contributed by atoms with van der Waals surface area (Å²) in [6.45, 7) is 4.15. The first-order valence-electron chi connectivity index (χ1n) is 8.68. The lowest BCUT2D eigenvalue weighted by atomic mass is 9.74. The number of nitrogens with zero attached hydrogens (tertiary/aromatic N) is 3. The Hall–Kier alpha value is -2.50. The average molecular weight is 340 g/mol. The number of amides is 2. The van der Waals surface area contributed by atoms with E-state index in [0.717, 1.165) is 30.4 Å². The number of halogens is 1. The largest absolute Gasteiger partial charge is 0.323 e. The quantitative estimate of drug-likeness (QED) is 0.899. The topological polar surface area (TPSA) is 58.1 Å². The van der Waals surface area contributed by atoms with Crippen molar-refractivity contribution in [2.45, 2.75) is 45.2 Å². The number of anilines is 1. The number of carbonyl (C=O) groups excluding carboxylic acids is 1. The number of urea groups is 1. The van der Waals surface area contributed by atoms with E-state index in [0.29, 0.717) is 29.4 Å². The van der Waals surface area contributed by atoms with Crippen LogP contribution in [-0.4, -0.2) is 33.0 Å². The molecule has 2 saturated heterocycles. The van der Waals surface area contributed by atoms with Crippen LogP contribution >= 0.6 is 0 Å². The van der Waals surface area contributed by atoms with Crippen molar-refractivity contribution in [1.82, 2.24) is 14.9 Å². The van der Waals surface area contributed by atoms with Gasteiger partial charge in [0.25, 0.3) is 0 Å². The highest BCUT2D eigenvalue weighted by atomic mass is 19.1. The van der Waals surface area contributed by atoms with Gasteiger partial charge in [0.05, 0.1) is 6.20 Å². The molecule has 2 aliphatic heterocycles. The first-order valence-corrected chi connectivity index (χ1v) is 8.68. The molecule has 0 saturated carbocycles. The molecule has 5 nitrogen and oxygen atoms in total. The van der Waals surface area contributed by atoms with E-state index >= 15 is 0 Å². The Morgan fingerprint density at radius 3 is 2.68 bits per heavy atom. The van der Waals surface area contributed by atoms with Crippen LogP contribution in [0.4, 0.5) is 15.0 Å². The van der Waals surface area contributed by atoms with Gasteiger partial charge in [0.2, 0.25) is 0 Å². The number of hydrogen-bond donors (Lipinski definition) is 1. The second-order valence-corrected chi connectivity index (χ2v) is 7.23. The maximum absolute atomic E-state index is 13.5. The third kappa shape index (κ3) is 2.97. The first-order chi connectivity index (χ1) is 12.0. The van der Waals surface area contributed by atoms with Gasteiger partial charge in [-0.1, -0.05) is 6.92 Å². The normalized spacial score (nSPS) is 24.6. The minimum absolute atomic E-state index is 0.0900. The summed E-state index contributed by atoms with van der Waals surface area (Å²) >= 11 is 0. The molecule has 130 valence electrons. The lowest BCUT2D eigenvalue weighted by Crippen LogP contribution is -2.63. The van der Waals surface area contributed by atoms with Crippen molar-refractivity contribution < 1.29 is 9.18 Å². The standard InChI is InChI=1S/C19H21FN4O/c1-11-3-15-6-16(4-11)24(15)19(25)23-18-7-17(12(2)8-22-18)13-5-14(20)10-21-9-13/h5,7-11,15-16H,3-4,6H2,1-2H3,(H,22,23,25). The number of carbonyl (C=O) groups is 1. The van der Waals surface area contributed by atoms with Crippen molar-refractivity contribution >= 4 is 11.8 Å². The highest BCUT2D eigenvalue weighted by molar-refractivity contribution is 5.90. The Kier molecular flexibility index (Phi) is 3.90. The van der Waals surface area contributed by atoms with Gasteiger partial charge in [0.1, 0.15) is 11.6 Å². The molecular weight excluding hydrogens is 319 g/mol. The number of rotatable bonds is 2. The summed E-state index contributed by atoms with van der Waals surface area (Å²) in [5.41, 5.74) is 2.39. The van der Waals surface area contributed by atoms with Crippen molar-refractivity contribution in [2.75, 3.05) is 5.32 Å². The minimum Gasteiger partial charge on any atom is -0.318 e. The Morgan fingerprint density at radius 1 is 1.20 bits per heavy atom. The van der Waals surface area contributed by atoms with Gasteiger partial charge in [-0.3, -0.25) is 10.3 Å². The summed E-state index contributed by atoms with van der Waals surface area (Å²) in [4.78, 5) is 22.8. The van der Waals surface area contributed by atoms with Crippen LogP contribution in [0.15, 0.2) is 30.7 Å². The van der Waals surface area contributed by atoms with Crippen molar-refractivity contribution in [2.24, 2.45) is 5.92 Å². The van der Waals surface area contributed by atoms with E-state index in [9.17, 15) is 9.18 Å². The average Bonchev–Trinajstić information content (AvgIpc) is 2.56. The van der Waals surface area contributed by atoms with Crippen LogP contribution in [0.3, 0.4) is 0 Å². The van der Waals surface area contributed by atoms with Crippen LogP contribution in [-0.2, 0) is 0 Å². The number of hydrogen-bond acceptors (Lipinski definition) is 3. The van der Waals surface area contributed by atoms with Crippen LogP contribution in [0.5, 0.6) is 0 Å². The molecule has 4 heterocycles. The van der Waals surface area contributed by atoms with Crippen LogP contribution in [0.25, 0.3) is 11.1 Å². The molecule has 0 aliphatic carbocycles. The molecule has 25 heavy (non-hydrogen) atoms. The molecule has 6 heteroatoms.